The van der Waals surface area contributed by atoms with E-state index in [1.54, 1.807) is 0 Å². The van der Waals surface area contributed by atoms with Crippen LogP contribution in [0.4, 0.5) is 0 Å². The van der Waals surface area contributed by atoms with Crippen LogP contribution < -0.4 is 5.73 Å². The number of hydrogen-bond donors (Lipinski definition) is 1. The van der Waals surface area contributed by atoms with Gasteiger partial charge in [0.2, 0.25) is 5.91 Å². The lowest BCUT2D eigenvalue weighted by Crippen LogP contribution is -2.47. The first-order valence-electron chi connectivity index (χ1n) is 6.93. The van der Waals surface area contributed by atoms with Crippen LogP contribution in [-0.2, 0) is 11.2 Å². The third-order valence-corrected chi connectivity index (χ3v) is 3.37. The molecule has 110 valence electrons. The maximum absolute atomic E-state index is 12.4. The number of hydrogen-bond acceptors (Lipinski definition) is 2. The van der Waals surface area contributed by atoms with Crippen LogP contribution in [0.1, 0.15) is 39.2 Å². The Morgan fingerprint density at radius 2 is 1.80 bits per heavy atom. The summed E-state index contributed by atoms with van der Waals surface area (Å²) in [6.07, 6.45) is 1.85. The Morgan fingerprint density at radius 3 is 2.30 bits per heavy atom. The van der Waals surface area contributed by atoms with Crippen LogP contribution in [0.5, 0.6) is 0 Å². The van der Waals surface area contributed by atoms with E-state index in [1.165, 1.54) is 5.56 Å². The Morgan fingerprint density at radius 1 is 1.20 bits per heavy atom. The van der Waals surface area contributed by atoms with Gasteiger partial charge in [-0.25, -0.2) is 0 Å². The van der Waals surface area contributed by atoms with E-state index in [1.807, 2.05) is 56.0 Å². The molecule has 0 saturated heterocycles. The third kappa shape index (κ3) is 5.70. The first-order valence-corrected chi connectivity index (χ1v) is 7.34. The highest BCUT2D eigenvalue weighted by Crippen LogP contribution is 2.16. The lowest BCUT2D eigenvalue weighted by atomic mass is 10.0. The molecule has 2 N–H and O–H groups in total. The first-order chi connectivity index (χ1) is 9.30. The van der Waals surface area contributed by atoms with Crippen molar-refractivity contribution in [1.29, 1.82) is 0 Å². The fourth-order valence-electron chi connectivity index (χ4n) is 2.09. The van der Waals surface area contributed by atoms with Gasteiger partial charge >= 0.3 is 0 Å². The lowest BCUT2D eigenvalue weighted by Gasteiger charge is -2.36. The molecule has 1 rings (SSSR count). The molecule has 0 spiro atoms. The number of amides is 1. The van der Waals surface area contributed by atoms with Gasteiger partial charge in [0.1, 0.15) is 0 Å². The summed E-state index contributed by atoms with van der Waals surface area (Å²) in [6.45, 7) is 6.69. The largest absolute Gasteiger partial charge is 0.393 e. The van der Waals surface area contributed by atoms with Gasteiger partial charge in [-0.05, 0) is 32.8 Å². The maximum atomic E-state index is 12.4. The summed E-state index contributed by atoms with van der Waals surface area (Å²) in [6, 6.07) is 10.1. The van der Waals surface area contributed by atoms with Gasteiger partial charge in [-0.1, -0.05) is 42.5 Å². The predicted molar refractivity (Wildman–Crippen MR) is 87.6 cm³/mol. The van der Waals surface area contributed by atoms with E-state index in [2.05, 4.69) is 0 Å². The van der Waals surface area contributed by atoms with Crippen molar-refractivity contribution in [2.45, 2.75) is 45.6 Å². The SMILES string of the molecule is CC(C)(C)N(CCC(N)=S)C(=O)CCc1ccccc1. The normalized spacial score (nSPS) is 11.2. The highest BCUT2D eigenvalue weighted by molar-refractivity contribution is 7.80. The van der Waals surface area contributed by atoms with Crippen molar-refractivity contribution in [2.75, 3.05) is 6.54 Å². The van der Waals surface area contributed by atoms with Crippen LogP contribution >= 0.6 is 12.2 Å². The number of carbonyl (C=O) groups excluding carboxylic acids is 1. The molecule has 0 saturated carbocycles. The van der Waals surface area contributed by atoms with Gasteiger partial charge in [0, 0.05) is 24.9 Å². The molecule has 1 amide bonds. The Bertz CT molecular complexity index is 451. The second-order valence-electron chi connectivity index (χ2n) is 5.92. The molecule has 0 heterocycles. The maximum Gasteiger partial charge on any atom is 0.223 e. The molecule has 1 aromatic rings. The van der Waals surface area contributed by atoms with Crippen molar-refractivity contribution in [3.63, 3.8) is 0 Å². The number of nitrogens with two attached hydrogens (primary N) is 1. The molecule has 1 aromatic carbocycles. The highest BCUT2D eigenvalue weighted by atomic mass is 32.1. The summed E-state index contributed by atoms with van der Waals surface area (Å²) >= 11 is 4.90. The topological polar surface area (TPSA) is 46.3 Å². The van der Waals surface area contributed by atoms with E-state index in [9.17, 15) is 4.79 Å². The summed E-state index contributed by atoms with van der Waals surface area (Å²) in [5.41, 5.74) is 6.52. The van der Waals surface area contributed by atoms with E-state index in [0.717, 1.165) is 6.42 Å². The zero-order valence-corrected chi connectivity index (χ0v) is 13.4. The van der Waals surface area contributed by atoms with Crippen molar-refractivity contribution in [3.8, 4) is 0 Å². The Labute approximate surface area is 127 Å². The second kappa shape index (κ2) is 7.39. The molecule has 0 aliphatic carbocycles. The average Bonchev–Trinajstić information content (AvgIpc) is 2.35. The molecule has 20 heavy (non-hydrogen) atoms. The monoisotopic (exact) mass is 292 g/mol. The smallest absolute Gasteiger partial charge is 0.223 e. The lowest BCUT2D eigenvalue weighted by molar-refractivity contribution is -0.135. The minimum atomic E-state index is -0.210. The fourth-order valence-corrected chi connectivity index (χ4v) is 2.18. The molecule has 3 nitrogen and oxygen atoms in total. The van der Waals surface area contributed by atoms with Crippen LogP contribution in [-0.4, -0.2) is 27.9 Å². The Hall–Kier alpha value is -1.42. The van der Waals surface area contributed by atoms with Crippen molar-refractivity contribution >= 4 is 23.1 Å². The third-order valence-electron chi connectivity index (χ3n) is 3.16. The number of nitrogens with zero attached hydrogens (tertiary/aromatic N) is 1. The van der Waals surface area contributed by atoms with E-state index in [4.69, 9.17) is 18.0 Å². The molecule has 4 heteroatoms. The van der Waals surface area contributed by atoms with Crippen molar-refractivity contribution < 1.29 is 4.79 Å². The summed E-state index contributed by atoms with van der Waals surface area (Å²) in [4.78, 5) is 14.7. The number of aryl methyl sites for hydroxylation is 1. The van der Waals surface area contributed by atoms with Crippen LogP contribution in [0, 0.1) is 0 Å². The van der Waals surface area contributed by atoms with Gasteiger partial charge in [0.15, 0.2) is 0 Å². The number of benzene rings is 1. The van der Waals surface area contributed by atoms with Gasteiger partial charge in [-0.3, -0.25) is 4.79 Å². The predicted octanol–water partition coefficient (Wildman–Crippen LogP) is 2.92. The van der Waals surface area contributed by atoms with Crippen molar-refractivity contribution in [2.24, 2.45) is 5.73 Å². The standard InChI is InChI=1S/C16H24N2OS/c1-16(2,3)18(12-11-14(17)20)15(19)10-9-13-7-5-4-6-8-13/h4-8H,9-12H2,1-3H3,(H2,17,20). The average molecular weight is 292 g/mol. The molecular formula is C16H24N2OS. The highest BCUT2D eigenvalue weighted by Gasteiger charge is 2.25. The molecule has 0 aliphatic heterocycles. The minimum absolute atomic E-state index is 0.151. The summed E-state index contributed by atoms with van der Waals surface area (Å²) in [5.74, 6) is 0.151. The van der Waals surface area contributed by atoms with E-state index < -0.39 is 0 Å². The molecular weight excluding hydrogens is 268 g/mol. The summed E-state index contributed by atoms with van der Waals surface area (Å²) < 4.78 is 0. The number of carbonyl (C=O) groups is 1. The molecule has 0 radical (unpaired) electrons. The molecule has 0 aromatic heterocycles. The molecule has 0 unspecified atom stereocenters. The second-order valence-corrected chi connectivity index (χ2v) is 6.44. The number of rotatable bonds is 6. The van der Waals surface area contributed by atoms with Crippen LogP contribution in [0.15, 0.2) is 30.3 Å². The van der Waals surface area contributed by atoms with Gasteiger partial charge < -0.3 is 10.6 Å². The molecule has 0 fully saturated rings. The summed E-state index contributed by atoms with van der Waals surface area (Å²) in [5, 5.41) is 0. The van der Waals surface area contributed by atoms with E-state index in [0.29, 0.717) is 24.4 Å². The van der Waals surface area contributed by atoms with Gasteiger partial charge in [-0.2, -0.15) is 0 Å². The first kappa shape index (κ1) is 16.6. The van der Waals surface area contributed by atoms with Crippen LogP contribution in [0.2, 0.25) is 0 Å². The minimum Gasteiger partial charge on any atom is -0.393 e. The van der Waals surface area contributed by atoms with Gasteiger partial charge in [-0.15, -0.1) is 0 Å². The Kier molecular flexibility index (Phi) is 6.14. The van der Waals surface area contributed by atoms with E-state index >= 15 is 0 Å². The van der Waals surface area contributed by atoms with Crippen LogP contribution in [0.25, 0.3) is 0 Å². The van der Waals surface area contributed by atoms with Gasteiger partial charge in [0.25, 0.3) is 0 Å². The molecule has 0 aliphatic rings. The van der Waals surface area contributed by atoms with Crippen molar-refractivity contribution in [3.05, 3.63) is 35.9 Å². The Balaban J connectivity index is 2.61. The zero-order valence-electron chi connectivity index (χ0n) is 12.6. The zero-order chi connectivity index (χ0) is 15.2. The van der Waals surface area contributed by atoms with E-state index in [-0.39, 0.29) is 11.4 Å². The number of thiocarbonyl (C=S) groups is 1. The molecule has 0 atom stereocenters. The van der Waals surface area contributed by atoms with Crippen LogP contribution in [0.3, 0.4) is 0 Å². The quantitative estimate of drug-likeness (QED) is 0.820. The van der Waals surface area contributed by atoms with Crippen molar-refractivity contribution in [1.82, 2.24) is 4.90 Å². The van der Waals surface area contributed by atoms with Gasteiger partial charge in [0.05, 0.1) is 4.99 Å². The molecule has 0 bridgehead atoms. The fraction of sp³-hybridized carbons (Fsp3) is 0.500. The summed E-state index contributed by atoms with van der Waals surface area (Å²) in [7, 11) is 0.